The molecule has 96 valence electrons. The number of carbonyl (C=O) groups excluding carboxylic acids is 2. The number of hydrogen-bond acceptors (Lipinski definition) is 2. The van der Waals surface area contributed by atoms with E-state index in [0.717, 1.165) is 12.8 Å². The zero-order chi connectivity index (χ0) is 13.3. The van der Waals surface area contributed by atoms with Crippen molar-refractivity contribution in [2.75, 3.05) is 6.54 Å². The van der Waals surface area contributed by atoms with E-state index in [-0.39, 0.29) is 17.2 Å². The van der Waals surface area contributed by atoms with Crippen LogP contribution in [0.2, 0.25) is 0 Å². The molecule has 18 heavy (non-hydrogen) atoms. The van der Waals surface area contributed by atoms with Crippen LogP contribution in [-0.2, 0) is 0 Å². The Morgan fingerprint density at radius 2 is 1.50 bits per heavy atom. The van der Waals surface area contributed by atoms with Crippen LogP contribution in [-0.4, -0.2) is 23.3 Å². The van der Waals surface area contributed by atoms with Gasteiger partial charge in [0.25, 0.3) is 11.8 Å². The number of imide groups is 1. The lowest BCUT2D eigenvalue weighted by atomic mass is 9.90. The second kappa shape index (κ2) is 4.56. The molecule has 0 unspecified atom stereocenters. The van der Waals surface area contributed by atoms with Crippen LogP contribution in [0, 0.1) is 5.41 Å². The van der Waals surface area contributed by atoms with Gasteiger partial charge in [0.1, 0.15) is 0 Å². The Kier molecular flexibility index (Phi) is 3.24. The summed E-state index contributed by atoms with van der Waals surface area (Å²) in [5.41, 5.74) is 1.31. The highest BCUT2D eigenvalue weighted by molar-refractivity contribution is 6.21. The fourth-order valence-corrected chi connectivity index (χ4v) is 2.21. The molecule has 1 aliphatic rings. The smallest absolute Gasteiger partial charge is 0.261 e. The molecule has 0 fully saturated rings. The van der Waals surface area contributed by atoms with Gasteiger partial charge in [0, 0.05) is 6.54 Å². The van der Waals surface area contributed by atoms with Gasteiger partial charge in [0.2, 0.25) is 0 Å². The molecule has 0 saturated heterocycles. The predicted molar refractivity (Wildman–Crippen MR) is 70.5 cm³/mol. The van der Waals surface area contributed by atoms with Crippen molar-refractivity contribution in [3.63, 3.8) is 0 Å². The van der Waals surface area contributed by atoms with Crippen LogP contribution in [0.15, 0.2) is 24.3 Å². The maximum Gasteiger partial charge on any atom is 0.261 e. The summed E-state index contributed by atoms with van der Waals surface area (Å²) in [5, 5.41) is 0. The molecule has 1 heterocycles. The van der Waals surface area contributed by atoms with Gasteiger partial charge in [-0.1, -0.05) is 32.9 Å². The molecule has 0 spiro atoms. The zero-order valence-corrected chi connectivity index (χ0v) is 11.2. The molecular formula is C15H19NO2. The summed E-state index contributed by atoms with van der Waals surface area (Å²) in [6.45, 7) is 7.00. The van der Waals surface area contributed by atoms with Gasteiger partial charge in [-0.2, -0.15) is 0 Å². The quantitative estimate of drug-likeness (QED) is 0.767. The van der Waals surface area contributed by atoms with Crippen molar-refractivity contribution in [2.45, 2.75) is 33.6 Å². The van der Waals surface area contributed by atoms with Crippen molar-refractivity contribution in [2.24, 2.45) is 5.41 Å². The first-order valence-electron chi connectivity index (χ1n) is 6.35. The molecule has 0 aliphatic carbocycles. The van der Waals surface area contributed by atoms with E-state index >= 15 is 0 Å². The Morgan fingerprint density at radius 1 is 1.00 bits per heavy atom. The minimum atomic E-state index is -0.149. The van der Waals surface area contributed by atoms with Crippen LogP contribution in [0.5, 0.6) is 0 Å². The molecule has 0 N–H and O–H groups in total. The summed E-state index contributed by atoms with van der Waals surface area (Å²) < 4.78 is 0. The second-order valence-electron chi connectivity index (χ2n) is 5.97. The van der Waals surface area contributed by atoms with Crippen molar-refractivity contribution >= 4 is 11.8 Å². The monoisotopic (exact) mass is 245 g/mol. The average molecular weight is 245 g/mol. The van der Waals surface area contributed by atoms with Gasteiger partial charge in [-0.3, -0.25) is 14.5 Å². The van der Waals surface area contributed by atoms with Gasteiger partial charge < -0.3 is 0 Å². The van der Waals surface area contributed by atoms with Crippen LogP contribution < -0.4 is 0 Å². The van der Waals surface area contributed by atoms with Crippen molar-refractivity contribution in [1.29, 1.82) is 0 Å². The molecule has 1 aromatic rings. The maximum absolute atomic E-state index is 12.1. The number of carbonyl (C=O) groups is 2. The highest BCUT2D eigenvalue weighted by Gasteiger charge is 2.34. The molecule has 3 heteroatoms. The van der Waals surface area contributed by atoms with Crippen molar-refractivity contribution in [1.82, 2.24) is 4.90 Å². The lowest BCUT2D eigenvalue weighted by Crippen LogP contribution is -2.31. The Balaban J connectivity index is 2.05. The van der Waals surface area contributed by atoms with E-state index in [4.69, 9.17) is 0 Å². The fraction of sp³-hybridized carbons (Fsp3) is 0.467. The van der Waals surface area contributed by atoms with Crippen molar-refractivity contribution in [3.05, 3.63) is 35.4 Å². The number of amides is 2. The van der Waals surface area contributed by atoms with Crippen LogP contribution in [0.25, 0.3) is 0 Å². The number of benzene rings is 1. The summed E-state index contributed by atoms with van der Waals surface area (Å²) in [6, 6.07) is 7.03. The lowest BCUT2D eigenvalue weighted by molar-refractivity contribution is 0.0647. The normalized spacial score (nSPS) is 15.2. The Bertz CT molecular complexity index is 451. The molecular weight excluding hydrogens is 226 g/mol. The minimum absolute atomic E-state index is 0.149. The van der Waals surface area contributed by atoms with Crippen LogP contribution in [0.1, 0.15) is 54.3 Å². The van der Waals surface area contributed by atoms with Gasteiger partial charge in [-0.05, 0) is 30.4 Å². The van der Waals surface area contributed by atoms with E-state index in [9.17, 15) is 9.59 Å². The standard InChI is InChI=1S/C15H19NO2/c1-15(2,3)9-6-10-16-13(17)11-7-4-5-8-12(11)14(16)18/h4-5,7-8H,6,9-10H2,1-3H3. The molecule has 2 amide bonds. The van der Waals surface area contributed by atoms with Crippen LogP contribution in [0.3, 0.4) is 0 Å². The van der Waals surface area contributed by atoms with Crippen molar-refractivity contribution < 1.29 is 9.59 Å². The molecule has 1 aliphatic heterocycles. The first-order valence-corrected chi connectivity index (χ1v) is 6.35. The van der Waals surface area contributed by atoms with Gasteiger partial charge >= 0.3 is 0 Å². The van der Waals surface area contributed by atoms with Gasteiger partial charge in [-0.15, -0.1) is 0 Å². The van der Waals surface area contributed by atoms with E-state index < -0.39 is 0 Å². The number of nitrogens with zero attached hydrogens (tertiary/aromatic N) is 1. The lowest BCUT2D eigenvalue weighted by Gasteiger charge is -2.20. The number of rotatable bonds is 3. The van der Waals surface area contributed by atoms with E-state index in [2.05, 4.69) is 20.8 Å². The molecule has 1 aromatic carbocycles. The number of fused-ring (bicyclic) bond motifs is 1. The van der Waals surface area contributed by atoms with E-state index in [1.54, 1.807) is 24.3 Å². The third kappa shape index (κ3) is 2.45. The van der Waals surface area contributed by atoms with Gasteiger partial charge in [0.05, 0.1) is 11.1 Å². The predicted octanol–water partition coefficient (Wildman–Crippen LogP) is 3.11. The first-order chi connectivity index (χ1) is 8.40. The highest BCUT2D eigenvalue weighted by Crippen LogP contribution is 2.25. The molecule has 0 aromatic heterocycles. The summed E-state index contributed by atoms with van der Waals surface area (Å²) in [5.74, 6) is -0.297. The first kappa shape index (κ1) is 12.8. The van der Waals surface area contributed by atoms with Gasteiger partial charge in [0.15, 0.2) is 0 Å². The van der Waals surface area contributed by atoms with Gasteiger partial charge in [-0.25, -0.2) is 0 Å². The second-order valence-corrected chi connectivity index (χ2v) is 5.97. The SMILES string of the molecule is CC(C)(C)CCCN1C(=O)c2ccccc2C1=O. The fourth-order valence-electron chi connectivity index (χ4n) is 2.21. The maximum atomic E-state index is 12.1. The summed E-state index contributed by atoms with van der Waals surface area (Å²) in [6.07, 6.45) is 1.86. The largest absolute Gasteiger partial charge is 0.274 e. The third-order valence-corrected chi connectivity index (χ3v) is 3.19. The Labute approximate surface area is 108 Å². The minimum Gasteiger partial charge on any atom is -0.274 e. The summed E-state index contributed by atoms with van der Waals surface area (Å²) in [7, 11) is 0. The van der Waals surface area contributed by atoms with Crippen LogP contribution in [0.4, 0.5) is 0 Å². The molecule has 0 saturated carbocycles. The van der Waals surface area contributed by atoms with Crippen LogP contribution >= 0.6 is 0 Å². The molecule has 0 radical (unpaired) electrons. The van der Waals surface area contributed by atoms with Crippen molar-refractivity contribution in [3.8, 4) is 0 Å². The number of hydrogen-bond donors (Lipinski definition) is 0. The molecule has 0 bridgehead atoms. The van der Waals surface area contributed by atoms with E-state index in [1.807, 2.05) is 0 Å². The summed E-state index contributed by atoms with van der Waals surface area (Å²) in [4.78, 5) is 25.5. The Hall–Kier alpha value is -1.64. The average Bonchev–Trinajstić information content (AvgIpc) is 2.53. The Morgan fingerprint density at radius 3 is 1.94 bits per heavy atom. The molecule has 2 rings (SSSR count). The molecule has 3 nitrogen and oxygen atoms in total. The summed E-state index contributed by atoms with van der Waals surface area (Å²) >= 11 is 0. The van der Waals surface area contributed by atoms with E-state index in [0.29, 0.717) is 17.7 Å². The topological polar surface area (TPSA) is 37.4 Å². The highest BCUT2D eigenvalue weighted by atomic mass is 16.2. The molecule has 0 atom stereocenters. The van der Waals surface area contributed by atoms with E-state index in [1.165, 1.54) is 4.90 Å². The zero-order valence-electron chi connectivity index (χ0n) is 11.2. The third-order valence-electron chi connectivity index (χ3n) is 3.19.